The van der Waals surface area contributed by atoms with Gasteiger partial charge < -0.3 is 4.52 Å². The minimum Gasteiger partial charge on any atom is -0.338 e. The average Bonchev–Trinajstić information content (AvgIpc) is 2.54. The second-order valence-corrected chi connectivity index (χ2v) is 4.20. The number of aromatic nitrogens is 2. The van der Waals surface area contributed by atoms with E-state index in [-0.39, 0.29) is 0 Å². The van der Waals surface area contributed by atoms with Gasteiger partial charge in [-0.2, -0.15) is 4.98 Å². The van der Waals surface area contributed by atoms with E-state index < -0.39 is 0 Å². The number of hydrogen-bond acceptors (Lipinski definition) is 3. The summed E-state index contributed by atoms with van der Waals surface area (Å²) in [5.41, 5.74) is 0. The molecule has 66 valence electrons. The lowest BCUT2D eigenvalue weighted by atomic mass is 9.89. The average molecular weight is 278 g/mol. The zero-order chi connectivity index (χ0) is 8.39. The van der Waals surface area contributed by atoms with Crippen LogP contribution in [0.15, 0.2) is 4.52 Å². The molecule has 12 heavy (non-hydrogen) atoms. The molecule has 1 aromatic rings. The highest BCUT2D eigenvalue weighted by Gasteiger charge is 2.20. The fraction of sp³-hybridized carbons (Fsp3) is 0.750. The molecule has 0 bridgehead atoms. The maximum absolute atomic E-state index is 5.14. The molecule has 1 saturated carbocycles. The van der Waals surface area contributed by atoms with E-state index in [1.807, 2.05) is 0 Å². The van der Waals surface area contributed by atoms with Crippen LogP contribution in [-0.2, 0) is 0 Å². The molecule has 0 atom stereocenters. The summed E-state index contributed by atoms with van der Waals surface area (Å²) < 4.78 is 5.86. The second kappa shape index (κ2) is 3.72. The molecule has 1 aliphatic rings. The largest absolute Gasteiger partial charge is 0.338 e. The Morgan fingerprint density at radius 2 is 2.00 bits per heavy atom. The van der Waals surface area contributed by atoms with Crippen LogP contribution in [0.25, 0.3) is 0 Å². The quantitative estimate of drug-likeness (QED) is 0.741. The third-order valence-electron chi connectivity index (χ3n) is 2.37. The van der Waals surface area contributed by atoms with Crippen molar-refractivity contribution in [2.24, 2.45) is 0 Å². The van der Waals surface area contributed by atoms with Gasteiger partial charge >= 0.3 is 0 Å². The van der Waals surface area contributed by atoms with Crippen LogP contribution < -0.4 is 0 Å². The van der Waals surface area contributed by atoms with Crippen LogP contribution in [-0.4, -0.2) is 10.1 Å². The van der Waals surface area contributed by atoms with Crippen molar-refractivity contribution in [3.63, 3.8) is 0 Å². The van der Waals surface area contributed by atoms with Gasteiger partial charge in [0.05, 0.1) is 0 Å². The maximum atomic E-state index is 5.14. The monoisotopic (exact) mass is 278 g/mol. The van der Waals surface area contributed by atoms with E-state index in [0.717, 1.165) is 9.72 Å². The van der Waals surface area contributed by atoms with Crippen LogP contribution in [0.3, 0.4) is 0 Å². The Bertz CT molecular complexity index is 255. The molecular weight excluding hydrogens is 267 g/mol. The van der Waals surface area contributed by atoms with E-state index in [1.54, 1.807) is 0 Å². The van der Waals surface area contributed by atoms with E-state index in [1.165, 1.54) is 32.1 Å². The molecular formula is C8H11IN2O. The van der Waals surface area contributed by atoms with Gasteiger partial charge in [-0.15, -0.1) is 0 Å². The number of nitrogens with zero attached hydrogens (tertiary/aromatic N) is 2. The Morgan fingerprint density at radius 1 is 1.25 bits per heavy atom. The maximum Gasteiger partial charge on any atom is 0.232 e. The van der Waals surface area contributed by atoms with Gasteiger partial charge in [0.2, 0.25) is 9.72 Å². The second-order valence-electron chi connectivity index (χ2n) is 3.24. The van der Waals surface area contributed by atoms with E-state index in [0.29, 0.717) is 5.92 Å². The topological polar surface area (TPSA) is 38.9 Å². The molecule has 0 N–H and O–H groups in total. The van der Waals surface area contributed by atoms with Gasteiger partial charge in [-0.05, 0) is 12.8 Å². The summed E-state index contributed by atoms with van der Waals surface area (Å²) in [6, 6.07) is 0. The fourth-order valence-corrected chi connectivity index (χ4v) is 2.07. The summed E-state index contributed by atoms with van der Waals surface area (Å²) in [6.07, 6.45) is 6.42. The minimum absolute atomic E-state index is 0.537. The van der Waals surface area contributed by atoms with Crippen LogP contribution in [0.5, 0.6) is 0 Å². The van der Waals surface area contributed by atoms with Crippen molar-refractivity contribution in [3.8, 4) is 0 Å². The molecule has 0 spiro atoms. The van der Waals surface area contributed by atoms with Gasteiger partial charge in [0.25, 0.3) is 0 Å². The molecule has 0 unspecified atom stereocenters. The number of rotatable bonds is 1. The highest BCUT2D eigenvalue weighted by molar-refractivity contribution is 14.1. The predicted molar refractivity (Wildman–Crippen MR) is 52.8 cm³/mol. The molecule has 0 aliphatic heterocycles. The van der Waals surface area contributed by atoms with Crippen LogP contribution in [0.1, 0.15) is 43.9 Å². The summed E-state index contributed by atoms with van der Waals surface area (Å²) in [7, 11) is 0. The first-order valence-electron chi connectivity index (χ1n) is 4.35. The summed E-state index contributed by atoms with van der Waals surface area (Å²) >= 11 is 2.08. The summed E-state index contributed by atoms with van der Waals surface area (Å²) in [5, 5.41) is 3.79. The molecule has 0 amide bonds. The van der Waals surface area contributed by atoms with Gasteiger partial charge in [0.15, 0.2) is 0 Å². The van der Waals surface area contributed by atoms with Crippen molar-refractivity contribution in [1.29, 1.82) is 0 Å². The normalized spacial score (nSPS) is 19.8. The molecule has 2 rings (SSSR count). The van der Waals surface area contributed by atoms with E-state index >= 15 is 0 Å². The van der Waals surface area contributed by atoms with Gasteiger partial charge in [0.1, 0.15) is 0 Å². The first-order chi connectivity index (χ1) is 5.86. The zero-order valence-corrected chi connectivity index (χ0v) is 8.95. The van der Waals surface area contributed by atoms with Gasteiger partial charge in [0, 0.05) is 28.5 Å². The molecule has 4 heteroatoms. The number of halogens is 1. The third-order valence-corrected chi connectivity index (χ3v) is 2.81. The Balaban J connectivity index is 2.08. The molecule has 0 aromatic carbocycles. The van der Waals surface area contributed by atoms with Crippen molar-refractivity contribution in [2.45, 2.75) is 38.0 Å². The molecule has 3 nitrogen and oxygen atoms in total. The van der Waals surface area contributed by atoms with Crippen molar-refractivity contribution in [2.75, 3.05) is 0 Å². The lowest BCUT2D eigenvalue weighted by molar-refractivity contribution is 0.312. The smallest absolute Gasteiger partial charge is 0.232 e. The Labute approximate surface area is 85.1 Å². The fourth-order valence-electron chi connectivity index (χ4n) is 1.73. The summed E-state index contributed by atoms with van der Waals surface area (Å²) in [4.78, 5) is 4.24. The summed E-state index contributed by atoms with van der Waals surface area (Å²) in [6.45, 7) is 0. The SMILES string of the molecule is Ic1noc(C2CCCCC2)n1. The molecule has 1 aliphatic carbocycles. The first kappa shape index (κ1) is 8.47. The van der Waals surface area contributed by atoms with Crippen molar-refractivity contribution >= 4 is 22.6 Å². The highest BCUT2D eigenvalue weighted by Crippen LogP contribution is 2.31. The van der Waals surface area contributed by atoms with Crippen molar-refractivity contribution in [3.05, 3.63) is 9.72 Å². The molecule has 1 aromatic heterocycles. The predicted octanol–water partition coefficient (Wildman–Crippen LogP) is 2.72. The summed E-state index contributed by atoms with van der Waals surface area (Å²) in [5.74, 6) is 1.38. The van der Waals surface area contributed by atoms with Gasteiger partial charge in [-0.1, -0.05) is 24.4 Å². The molecule has 1 heterocycles. The third kappa shape index (κ3) is 1.78. The van der Waals surface area contributed by atoms with E-state index in [9.17, 15) is 0 Å². The van der Waals surface area contributed by atoms with Gasteiger partial charge in [-0.3, -0.25) is 0 Å². The minimum atomic E-state index is 0.537. The Kier molecular flexibility index (Phi) is 2.63. The lowest BCUT2D eigenvalue weighted by Crippen LogP contribution is -2.04. The molecule has 1 fully saturated rings. The molecule has 0 saturated heterocycles. The van der Waals surface area contributed by atoms with E-state index in [4.69, 9.17) is 4.52 Å². The van der Waals surface area contributed by atoms with Crippen LogP contribution in [0.4, 0.5) is 0 Å². The number of hydrogen-bond donors (Lipinski definition) is 0. The first-order valence-corrected chi connectivity index (χ1v) is 5.43. The Hall–Kier alpha value is -0.130. The van der Waals surface area contributed by atoms with Crippen molar-refractivity contribution in [1.82, 2.24) is 10.1 Å². The van der Waals surface area contributed by atoms with Crippen LogP contribution in [0.2, 0.25) is 0 Å². The lowest BCUT2D eigenvalue weighted by Gasteiger charge is -2.16. The zero-order valence-electron chi connectivity index (χ0n) is 6.79. The Morgan fingerprint density at radius 3 is 2.58 bits per heavy atom. The highest BCUT2D eigenvalue weighted by atomic mass is 127. The van der Waals surface area contributed by atoms with Crippen LogP contribution in [0, 0.1) is 3.83 Å². The molecule has 0 radical (unpaired) electrons. The standard InChI is InChI=1S/C8H11IN2O/c9-8-10-7(12-11-8)6-4-2-1-3-5-6/h6H,1-5H2. The van der Waals surface area contributed by atoms with Gasteiger partial charge in [-0.25, -0.2) is 0 Å². The van der Waals surface area contributed by atoms with Crippen LogP contribution >= 0.6 is 22.6 Å². The van der Waals surface area contributed by atoms with Crippen molar-refractivity contribution < 1.29 is 4.52 Å². The van der Waals surface area contributed by atoms with E-state index in [2.05, 4.69) is 32.7 Å².